The Kier molecular flexibility index (Phi) is 2.34. The molecule has 3 N–H and O–H groups in total. The van der Waals surface area contributed by atoms with Crippen molar-refractivity contribution in [1.82, 2.24) is 0 Å². The highest BCUT2D eigenvalue weighted by Crippen LogP contribution is 2.30. The van der Waals surface area contributed by atoms with Crippen molar-refractivity contribution in [1.29, 1.82) is 0 Å². The molecule has 1 aliphatic rings. The highest BCUT2D eigenvalue weighted by molar-refractivity contribution is 5.47. The maximum atomic E-state index is 12.2. The molecule has 1 fully saturated rings. The zero-order chi connectivity index (χ0) is 11.1. The summed E-state index contributed by atoms with van der Waals surface area (Å²) >= 11 is 0. The zero-order valence-electron chi connectivity index (χ0n) is 7.88. The van der Waals surface area contributed by atoms with Crippen LogP contribution < -0.4 is 11.1 Å². The van der Waals surface area contributed by atoms with Gasteiger partial charge in [0.1, 0.15) is 0 Å². The van der Waals surface area contributed by atoms with Gasteiger partial charge in [0.25, 0.3) is 0 Å². The third-order valence-corrected chi connectivity index (χ3v) is 2.40. The SMILES string of the molecule is NC1CC1Nc1ccc(C(F)(F)F)cc1. The van der Waals surface area contributed by atoms with Gasteiger partial charge in [-0.25, -0.2) is 0 Å². The highest BCUT2D eigenvalue weighted by atomic mass is 19.4. The third-order valence-electron chi connectivity index (χ3n) is 2.40. The Hall–Kier alpha value is -1.23. The fourth-order valence-electron chi connectivity index (χ4n) is 1.35. The van der Waals surface area contributed by atoms with Gasteiger partial charge in [-0.15, -0.1) is 0 Å². The third kappa shape index (κ3) is 2.41. The van der Waals surface area contributed by atoms with E-state index < -0.39 is 11.7 Å². The first-order valence-corrected chi connectivity index (χ1v) is 4.66. The van der Waals surface area contributed by atoms with Crippen molar-refractivity contribution >= 4 is 5.69 Å². The van der Waals surface area contributed by atoms with Gasteiger partial charge >= 0.3 is 6.18 Å². The van der Waals surface area contributed by atoms with Crippen LogP contribution >= 0.6 is 0 Å². The highest BCUT2D eigenvalue weighted by Gasteiger charge is 2.33. The Labute approximate surface area is 85.3 Å². The van der Waals surface area contributed by atoms with Crippen LogP contribution in [-0.2, 0) is 6.18 Å². The lowest BCUT2D eigenvalue weighted by Gasteiger charge is -2.08. The van der Waals surface area contributed by atoms with Crippen molar-refractivity contribution < 1.29 is 13.2 Å². The molecule has 2 nitrogen and oxygen atoms in total. The van der Waals surface area contributed by atoms with Crippen molar-refractivity contribution in [2.24, 2.45) is 5.73 Å². The molecule has 82 valence electrons. The molecule has 1 saturated carbocycles. The van der Waals surface area contributed by atoms with E-state index >= 15 is 0 Å². The minimum Gasteiger partial charge on any atom is -0.381 e. The van der Waals surface area contributed by atoms with E-state index in [0.717, 1.165) is 18.6 Å². The normalized spacial score (nSPS) is 25.1. The summed E-state index contributed by atoms with van der Waals surface area (Å²) in [6, 6.07) is 5.32. The molecule has 0 radical (unpaired) electrons. The van der Waals surface area contributed by atoms with Crippen LogP contribution in [0.4, 0.5) is 18.9 Å². The summed E-state index contributed by atoms with van der Waals surface area (Å²) in [4.78, 5) is 0. The maximum absolute atomic E-state index is 12.2. The van der Waals surface area contributed by atoms with E-state index in [1.165, 1.54) is 12.1 Å². The summed E-state index contributed by atoms with van der Waals surface area (Å²) in [5.41, 5.74) is 5.62. The second-order valence-corrected chi connectivity index (χ2v) is 3.73. The topological polar surface area (TPSA) is 38.0 Å². The number of hydrogen-bond acceptors (Lipinski definition) is 2. The minimum atomic E-state index is -4.27. The van der Waals surface area contributed by atoms with Gasteiger partial charge in [0, 0.05) is 17.8 Å². The first-order valence-electron chi connectivity index (χ1n) is 4.66. The Morgan fingerprint density at radius 1 is 1.20 bits per heavy atom. The minimum absolute atomic E-state index is 0.132. The van der Waals surface area contributed by atoms with Gasteiger partial charge < -0.3 is 11.1 Å². The fraction of sp³-hybridized carbons (Fsp3) is 0.400. The second-order valence-electron chi connectivity index (χ2n) is 3.73. The molecule has 5 heteroatoms. The van der Waals surface area contributed by atoms with Gasteiger partial charge in [-0.05, 0) is 30.7 Å². The molecular formula is C10H11F3N2. The number of nitrogens with one attached hydrogen (secondary N) is 1. The average molecular weight is 216 g/mol. The van der Waals surface area contributed by atoms with E-state index in [4.69, 9.17) is 5.73 Å². The van der Waals surface area contributed by atoms with Gasteiger partial charge in [0.05, 0.1) is 5.56 Å². The van der Waals surface area contributed by atoms with Gasteiger partial charge in [0.2, 0.25) is 0 Å². The quantitative estimate of drug-likeness (QED) is 0.795. The molecule has 2 unspecified atom stereocenters. The van der Waals surface area contributed by atoms with Crippen molar-refractivity contribution in [2.45, 2.75) is 24.7 Å². The molecule has 0 aliphatic heterocycles. The number of anilines is 1. The van der Waals surface area contributed by atoms with Crippen LogP contribution in [0, 0.1) is 0 Å². The number of benzene rings is 1. The predicted octanol–water partition coefficient (Wildman–Crippen LogP) is 2.22. The number of rotatable bonds is 2. The predicted molar refractivity (Wildman–Crippen MR) is 51.4 cm³/mol. The number of alkyl halides is 3. The average Bonchev–Trinajstić information content (AvgIpc) is 2.81. The van der Waals surface area contributed by atoms with E-state index in [9.17, 15) is 13.2 Å². The Morgan fingerprint density at radius 2 is 1.73 bits per heavy atom. The molecule has 2 atom stereocenters. The van der Waals surface area contributed by atoms with E-state index in [1.807, 2.05) is 0 Å². The number of hydrogen-bond donors (Lipinski definition) is 2. The van der Waals surface area contributed by atoms with Gasteiger partial charge in [0.15, 0.2) is 0 Å². The summed E-state index contributed by atoms with van der Waals surface area (Å²) in [5, 5.41) is 3.05. The van der Waals surface area contributed by atoms with E-state index in [2.05, 4.69) is 5.32 Å². The van der Waals surface area contributed by atoms with E-state index in [-0.39, 0.29) is 12.1 Å². The molecule has 0 aromatic heterocycles. The molecule has 2 rings (SSSR count). The van der Waals surface area contributed by atoms with Crippen molar-refractivity contribution in [3.8, 4) is 0 Å². The number of nitrogens with two attached hydrogens (primary N) is 1. The summed E-state index contributed by atoms with van der Waals surface area (Å²) in [6.07, 6.45) is -3.39. The largest absolute Gasteiger partial charge is 0.416 e. The molecule has 1 aliphatic carbocycles. The molecule has 15 heavy (non-hydrogen) atoms. The van der Waals surface area contributed by atoms with Crippen molar-refractivity contribution in [3.63, 3.8) is 0 Å². The lowest BCUT2D eigenvalue weighted by molar-refractivity contribution is -0.137. The summed E-state index contributed by atoms with van der Waals surface area (Å²) in [7, 11) is 0. The smallest absolute Gasteiger partial charge is 0.381 e. The van der Waals surface area contributed by atoms with Gasteiger partial charge in [-0.1, -0.05) is 0 Å². The van der Waals surface area contributed by atoms with E-state index in [0.29, 0.717) is 5.69 Å². The first kappa shape index (κ1) is 10.3. The molecule has 1 aromatic rings. The molecule has 1 aromatic carbocycles. The van der Waals surface area contributed by atoms with E-state index in [1.54, 1.807) is 0 Å². The van der Waals surface area contributed by atoms with Crippen LogP contribution in [0.15, 0.2) is 24.3 Å². The van der Waals surface area contributed by atoms with Crippen LogP contribution in [0.3, 0.4) is 0 Å². The number of halogens is 3. The van der Waals surface area contributed by atoms with Crippen LogP contribution in [0.1, 0.15) is 12.0 Å². The standard InChI is InChI=1S/C10H11F3N2/c11-10(12,13)6-1-3-7(4-2-6)15-9-5-8(9)14/h1-4,8-9,15H,5,14H2. The van der Waals surface area contributed by atoms with Crippen LogP contribution in [0.5, 0.6) is 0 Å². The van der Waals surface area contributed by atoms with Crippen molar-refractivity contribution in [3.05, 3.63) is 29.8 Å². The maximum Gasteiger partial charge on any atom is 0.416 e. The van der Waals surface area contributed by atoms with Crippen LogP contribution in [0.2, 0.25) is 0 Å². The lowest BCUT2D eigenvalue weighted by atomic mass is 10.2. The molecular weight excluding hydrogens is 205 g/mol. The Bertz CT molecular complexity index is 345. The summed E-state index contributed by atoms with van der Waals surface area (Å²) in [6.45, 7) is 0. The molecule has 0 saturated heterocycles. The molecule has 0 heterocycles. The summed E-state index contributed by atoms with van der Waals surface area (Å²) < 4.78 is 36.6. The monoisotopic (exact) mass is 216 g/mol. The van der Waals surface area contributed by atoms with Gasteiger partial charge in [-0.3, -0.25) is 0 Å². The summed E-state index contributed by atoms with van der Waals surface area (Å²) in [5.74, 6) is 0. The molecule has 0 spiro atoms. The fourth-order valence-corrected chi connectivity index (χ4v) is 1.35. The lowest BCUT2D eigenvalue weighted by Crippen LogP contribution is -2.13. The van der Waals surface area contributed by atoms with Crippen LogP contribution in [-0.4, -0.2) is 12.1 Å². The Morgan fingerprint density at radius 3 is 2.13 bits per heavy atom. The first-order chi connectivity index (χ1) is 6.97. The van der Waals surface area contributed by atoms with Gasteiger partial charge in [-0.2, -0.15) is 13.2 Å². The Balaban J connectivity index is 2.04. The molecule has 0 amide bonds. The zero-order valence-corrected chi connectivity index (χ0v) is 7.88. The molecule has 0 bridgehead atoms. The second kappa shape index (κ2) is 3.41. The van der Waals surface area contributed by atoms with Crippen LogP contribution in [0.25, 0.3) is 0 Å². The van der Waals surface area contributed by atoms with Crippen molar-refractivity contribution in [2.75, 3.05) is 5.32 Å².